The zero-order chi connectivity index (χ0) is 17.3. The Kier molecular flexibility index (Phi) is 4.09. The van der Waals surface area contributed by atoms with Gasteiger partial charge in [-0.2, -0.15) is 0 Å². The van der Waals surface area contributed by atoms with Crippen molar-refractivity contribution in [3.63, 3.8) is 0 Å². The van der Waals surface area contributed by atoms with Gasteiger partial charge in [-0.1, -0.05) is 0 Å². The number of nitro benzene ring substituents is 1. The lowest BCUT2D eigenvalue weighted by atomic mass is 10.2. The fourth-order valence-electron chi connectivity index (χ4n) is 2.20. The number of fused-ring (bicyclic) bond motifs is 1. The van der Waals surface area contributed by atoms with Crippen molar-refractivity contribution in [2.75, 3.05) is 11.9 Å². The van der Waals surface area contributed by atoms with Crippen LogP contribution in [0.3, 0.4) is 0 Å². The monoisotopic (exact) mass is 344 g/mol. The van der Waals surface area contributed by atoms with Crippen LogP contribution in [0.5, 0.6) is 0 Å². The van der Waals surface area contributed by atoms with E-state index in [2.05, 4.69) is 4.98 Å². The fourth-order valence-corrected chi connectivity index (χ4v) is 2.92. The van der Waals surface area contributed by atoms with Crippen molar-refractivity contribution in [1.29, 1.82) is 0 Å². The number of nitro groups is 1. The van der Waals surface area contributed by atoms with Gasteiger partial charge in [0.1, 0.15) is 11.4 Å². The highest BCUT2D eigenvalue weighted by molar-refractivity contribution is 7.16. The largest absolute Gasteiger partial charge is 0.314 e. The predicted octanol–water partition coefficient (Wildman–Crippen LogP) is 2.03. The first-order valence-corrected chi connectivity index (χ1v) is 7.79. The van der Waals surface area contributed by atoms with Crippen LogP contribution in [0.25, 0.3) is 10.2 Å². The normalized spacial score (nSPS) is 10.7. The molecule has 8 nitrogen and oxygen atoms in total. The summed E-state index contributed by atoms with van der Waals surface area (Å²) < 4.78 is 1.25. The summed E-state index contributed by atoms with van der Waals surface area (Å²) in [6.45, 7) is -0.162. The van der Waals surface area contributed by atoms with Crippen LogP contribution in [0, 0.1) is 10.1 Å². The number of carbonyl (C=O) groups excluding carboxylic acids is 1. The number of anilines is 1. The lowest BCUT2D eigenvalue weighted by Crippen LogP contribution is -2.33. The summed E-state index contributed by atoms with van der Waals surface area (Å²) >= 11 is 1.36. The molecular weight excluding hydrogens is 332 g/mol. The van der Waals surface area contributed by atoms with Crippen molar-refractivity contribution in [3.8, 4) is 0 Å². The smallest absolute Gasteiger partial charge is 0.269 e. The van der Waals surface area contributed by atoms with Crippen molar-refractivity contribution in [2.45, 2.75) is 6.54 Å². The van der Waals surface area contributed by atoms with E-state index in [9.17, 15) is 19.7 Å². The number of hydrogen-bond acceptors (Lipinski definition) is 6. The number of carbonyl (C=O) groups is 1. The Morgan fingerprint density at radius 3 is 2.71 bits per heavy atom. The van der Waals surface area contributed by atoms with Crippen molar-refractivity contribution in [3.05, 3.63) is 62.5 Å². The molecule has 1 aromatic carbocycles. The maximum absolute atomic E-state index is 12.4. The number of amides is 1. The molecule has 0 aliphatic carbocycles. The van der Waals surface area contributed by atoms with Gasteiger partial charge in [0.25, 0.3) is 11.2 Å². The minimum Gasteiger partial charge on any atom is -0.314 e. The molecule has 0 saturated carbocycles. The molecule has 0 atom stereocenters. The van der Waals surface area contributed by atoms with Crippen LogP contribution in [-0.4, -0.2) is 27.4 Å². The zero-order valence-corrected chi connectivity index (χ0v) is 13.4. The summed E-state index contributed by atoms with van der Waals surface area (Å²) in [5, 5.41) is 12.9. The number of hydrogen-bond donors (Lipinski definition) is 0. The molecule has 0 unspecified atom stereocenters. The van der Waals surface area contributed by atoms with Crippen LogP contribution >= 0.6 is 11.3 Å². The number of likely N-dealkylation sites (N-methyl/N-ethyl adjacent to an activating group) is 1. The van der Waals surface area contributed by atoms with Gasteiger partial charge in [-0.05, 0) is 23.6 Å². The first-order valence-electron chi connectivity index (χ1n) is 6.91. The third-order valence-corrected chi connectivity index (χ3v) is 4.40. The molecule has 0 radical (unpaired) electrons. The average molecular weight is 344 g/mol. The van der Waals surface area contributed by atoms with E-state index in [-0.39, 0.29) is 23.7 Å². The molecule has 2 aromatic heterocycles. The number of benzene rings is 1. The molecule has 122 valence electrons. The van der Waals surface area contributed by atoms with Gasteiger partial charge in [0.2, 0.25) is 5.91 Å². The maximum Gasteiger partial charge on any atom is 0.269 e. The standard InChI is InChI=1S/C15H12N4O4S/c1-17(10-2-4-11(5-3-10)19(22)23)13(20)8-18-9-16-14-12(15(18)21)6-7-24-14/h2-7,9H,8H2,1H3. The molecule has 0 N–H and O–H groups in total. The van der Waals surface area contributed by atoms with Crippen molar-refractivity contribution in [2.24, 2.45) is 0 Å². The molecule has 24 heavy (non-hydrogen) atoms. The number of rotatable bonds is 4. The molecule has 2 heterocycles. The van der Waals surface area contributed by atoms with Crippen LogP contribution in [0.15, 0.2) is 46.8 Å². The summed E-state index contributed by atoms with van der Waals surface area (Å²) in [5.41, 5.74) is 0.179. The van der Waals surface area contributed by atoms with E-state index in [0.717, 1.165) is 0 Å². The van der Waals surface area contributed by atoms with E-state index in [1.165, 1.54) is 51.4 Å². The molecule has 0 bridgehead atoms. The Morgan fingerprint density at radius 1 is 1.33 bits per heavy atom. The quantitative estimate of drug-likeness (QED) is 0.533. The van der Waals surface area contributed by atoms with Crippen molar-refractivity contribution >= 4 is 38.8 Å². The van der Waals surface area contributed by atoms with Gasteiger partial charge in [0.05, 0.1) is 16.6 Å². The topological polar surface area (TPSA) is 98.3 Å². The SMILES string of the molecule is CN(C(=O)Cn1cnc2sccc2c1=O)c1ccc([N+](=O)[O-])cc1. The number of thiophene rings is 1. The third kappa shape index (κ3) is 2.88. The first kappa shape index (κ1) is 15.8. The molecule has 0 aliphatic rings. The van der Waals surface area contributed by atoms with Gasteiger partial charge >= 0.3 is 0 Å². The lowest BCUT2D eigenvalue weighted by molar-refractivity contribution is -0.384. The molecule has 0 saturated heterocycles. The molecule has 0 spiro atoms. The van der Waals surface area contributed by atoms with Gasteiger partial charge in [-0.3, -0.25) is 24.3 Å². The molecule has 3 aromatic rings. The van der Waals surface area contributed by atoms with Crippen molar-refractivity contribution < 1.29 is 9.72 Å². The predicted molar refractivity (Wildman–Crippen MR) is 90.4 cm³/mol. The lowest BCUT2D eigenvalue weighted by Gasteiger charge is -2.17. The Labute approximate surface area is 139 Å². The fraction of sp³-hybridized carbons (Fsp3) is 0.133. The second-order valence-corrected chi connectivity index (χ2v) is 5.94. The summed E-state index contributed by atoms with van der Waals surface area (Å²) in [7, 11) is 1.55. The van der Waals surface area contributed by atoms with E-state index >= 15 is 0 Å². The molecular formula is C15H12N4O4S. The Balaban J connectivity index is 1.81. The van der Waals surface area contributed by atoms with Crippen LogP contribution in [0.4, 0.5) is 11.4 Å². The van der Waals surface area contributed by atoms with Gasteiger partial charge < -0.3 is 4.90 Å². The summed E-state index contributed by atoms with van der Waals surface area (Å²) in [6.07, 6.45) is 1.35. The number of nitrogens with zero attached hydrogens (tertiary/aromatic N) is 4. The van der Waals surface area contributed by atoms with Crippen LogP contribution in [-0.2, 0) is 11.3 Å². The molecule has 3 rings (SSSR count). The van der Waals surface area contributed by atoms with E-state index in [0.29, 0.717) is 15.9 Å². The van der Waals surface area contributed by atoms with Gasteiger partial charge in [-0.15, -0.1) is 11.3 Å². The second-order valence-electron chi connectivity index (χ2n) is 5.04. The molecule has 0 fully saturated rings. The van der Waals surface area contributed by atoms with Gasteiger partial charge in [0, 0.05) is 24.9 Å². The van der Waals surface area contributed by atoms with E-state index in [1.54, 1.807) is 18.5 Å². The third-order valence-electron chi connectivity index (χ3n) is 3.58. The summed E-state index contributed by atoms with van der Waals surface area (Å²) in [4.78, 5) is 40.9. The molecule has 1 amide bonds. The van der Waals surface area contributed by atoms with Gasteiger partial charge in [0.15, 0.2) is 0 Å². The Morgan fingerprint density at radius 2 is 2.04 bits per heavy atom. The minimum absolute atomic E-state index is 0.0528. The highest BCUT2D eigenvalue weighted by Gasteiger charge is 2.15. The van der Waals surface area contributed by atoms with E-state index < -0.39 is 4.92 Å². The Bertz CT molecular complexity index is 977. The van der Waals surface area contributed by atoms with E-state index in [4.69, 9.17) is 0 Å². The first-order chi connectivity index (χ1) is 11.5. The van der Waals surface area contributed by atoms with Crippen LogP contribution < -0.4 is 10.5 Å². The zero-order valence-electron chi connectivity index (χ0n) is 12.6. The highest BCUT2D eigenvalue weighted by atomic mass is 32.1. The average Bonchev–Trinajstić information content (AvgIpc) is 3.06. The molecule has 0 aliphatic heterocycles. The summed E-state index contributed by atoms with van der Waals surface area (Å²) in [6, 6.07) is 7.29. The van der Waals surface area contributed by atoms with Crippen molar-refractivity contribution in [1.82, 2.24) is 9.55 Å². The number of non-ortho nitro benzene ring substituents is 1. The van der Waals surface area contributed by atoms with Crippen LogP contribution in [0.1, 0.15) is 0 Å². The second kappa shape index (κ2) is 6.20. The summed E-state index contributed by atoms with van der Waals surface area (Å²) in [5.74, 6) is -0.331. The maximum atomic E-state index is 12.4. The van der Waals surface area contributed by atoms with E-state index in [1.807, 2.05) is 0 Å². The molecule has 9 heteroatoms. The number of aromatic nitrogens is 2. The Hall–Kier alpha value is -3.07. The minimum atomic E-state index is -0.507. The highest BCUT2D eigenvalue weighted by Crippen LogP contribution is 2.19. The van der Waals surface area contributed by atoms with Gasteiger partial charge in [-0.25, -0.2) is 4.98 Å². The van der Waals surface area contributed by atoms with Crippen LogP contribution in [0.2, 0.25) is 0 Å².